The van der Waals surface area contributed by atoms with Crippen molar-refractivity contribution in [3.8, 4) is 5.75 Å². The lowest BCUT2D eigenvalue weighted by atomic mass is 9.95. The summed E-state index contributed by atoms with van der Waals surface area (Å²) in [5.41, 5.74) is 1.48. The van der Waals surface area contributed by atoms with Crippen LogP contribution >= 0.6 is 11.3 Å². The van der Waals surface area contributed by atoms with E-state index in [1.54, 1.807) is 11.8 Å². The topological polar surface area (TPSA) is 83.0 Å². The summed E-state index contributed by atoms with van der Waals surface area (Å²) in [5, 5.41) is 11.7. The Morgan fingerprint density at radius 2 is 1.97 bits per heavy atom. The van der Waals surface area contributed by atoms with Gasteiger partial charge in [0.25, 0.3) is 5.91 Å². The molecule has 1 atom stereocenters. The molecule has 0 bridgehead atoms. The average Bonchev–Trinajstić information content (AvgIpc) is 3.45. The smallest absolute Gasteiger partial charge is 0.290 e. The molecule has 3 heterocycles. The fraction of sp³-hybridized carbons (Fsp3) is 0.480. The van der Waals surface area contributed by atoms with Crippen molar-refractivity contribution >= 4 is 23.0 Å². The second-order valence-corrected chi connectivity index (χ2v) is 10.1. The molecule has 1 amide bonds. The summed E-state index contributed by atoms with van der Waals surface area (Å²) in [7, 11) is 0. The summed E-state index contributed by atoms with van der Waals surface area (Å²) in [5.74, 6) is -0.645. The van der Waals surface area contributed by atoms with Crippen LogP contribution < -0.4 is 4.74 Å². The Labute approximate surface area is 198 Å². The van der Waals surface area contributed by atoms with Gasteiger partial charge in [0.1, 0.15) is 5.75 Å². The maximum atomic E-state index is 13.6. The number of aromatic nitrogens is 1. The predicted molar refractivity (Wildman–Crippen MR) is 128 cm³/mol. The number of amides is 1. The summed E-state index contributed by atoms with van der Waals surface area (Å²) >= 11 is 1.29. The number of aliphatic hydroxyl groups is 1. The van der Waals surface area contributed by atoms with Crippen molar-refractivity contribution in [1.29, 1.82) is 0 Å². The van der Waals surface area contributed by atoms with Crippen molar-refractivity contribution in [1.82, 2.24) is 14.8 Å². The number of thiazole rings is 1. The number of likely N-dealkylation sites (tertiary alicyclic amines) is 1. The van der Waals surface area contributed by atoms with Gasteiger partial charge in [0.15, 0.2) is 5.76 Å². The summed E-state index contributed by atoms with van der Waals surface area (Å²) in [6, 6.07) is 6.78. The van der Waals surface area contributed by atoms with Gasteiger partial charge in [-0.05, 0) is 71.3 Å². The lowest BCUT2D eigenvalue weighted by Crippen LogP contribution is -2.38. The zero-order valence-corrected chi connectivity index (χ0v) is 20.4. The molecule has 1 aromatic carbocycles. The summed E-state index contributed by atoms with van der Waals surface area (Å²) in [6.45, 7) is 10.7. The van der Waals surface area contributed by atoms with Gasteiger partial charge in [-0.25, -0.2) is 4.98 Å². The minimum Gasteiger partial charge on any atom is -0.503 e. The number of carbonyl (C=O) groups is 2. The van der Waals surface area contributed by atoms with Gasteiger partial charge in [-0.15, -0.1) is 11.3 Å². The molecule has 8 heteroatoms. The van der Waals surface area contributed by atoms with Gasteiger partial charge in [-0.1, -0.05) is 12.1 Å². The van der Waals surface area contributed by atoms with Crippen molar-refractivity contribution in [2.75, 3.05) is 26.2 Å². The van der Waals surface area contributed by atoms with Gasteiger partial charge in [0, 0.05) is 13.1 Å². The molecule has 0 saturated carbocycles. The van der Waals surface area contributed by atoms with Gasteiger partial charge < -0.3 is 19.6 Å². The van der Waals surface area contributed by atoms with Crippen LogP contribution in [-0.2, 0) is 4.79 Å². The van der Waals surface area contributed by atoms with E-state index in [1.165, 1.54) is 11.3 Å². The monoisotopic (exact) mass is 469 g/mol. The molecule has 176 valence electrons. The molecule has 2 aliphatic rings. The molecular weight excluding hydrogens is 438 g/mol. The average molecular weight is 470 g/mol. The Morgan fingerprint density at radius 3 is 2.61 bits per heavy atom. The number of hydrogen-bond donors (Lipinski definition) is 1. The Morgan fingerprint density at radius 1 is 1.24 bits per heavy atom. The number of benzene rings is 1. The van der Waals surface area contributed by atoms with E-state index in [9.17, 15) is 14.7 Å². The molecule has 1 unspecified atom stereocenters. The van der Waals surface area contributed by atoms with Gasteiger partial charge in [-0.2, -0.15) is 0 Å². The fourth-order valence-corrected chi connectivity index (χ4v) is 5.49. The number of carbonyl (C=O) groups excluding carboxylic acids is 2. The Bertz CT molecular complexity index is 1090. The Balaban J connectivity index is 1.73. The van der Waals surface area contributed by atoms with Crippen molar-refractivity contribution in [2.45, 2.75) is 52.7 Å². The number of aryl methyl sites for hydroxylation is 2. The van der Waals surface area contributed by atoms with Crippen LogP contribution in [0, 0.1) is 13.8 Å². The highest BCUT2D eigenvalue weighted by Crippen LogP contribution is 2.41. The van der Waals surface area contributed by atoms with Gasteiger partial charge >= 0.3 is 0 Å². The second-order valence-electron chi connectivity index (χ2n) is 8.93. The molecule has 33 heavy (non-hydrogen) atoms. The first-order valence-electron chi connectivity index (χ1n) is 11.5. The third-order valence-corrected chi connectivity index (χ3v) is 7.13. The van der Waals surface area contributed by atoms with Crippen LogP contribution in [0.1, 0.15) is 58.7 Å². The lowest BCUT2D eigenvalue weighted by Gasteiger charge is -2.29. The standard InChI is InChI=1S/C25H31N3O4S/c1-15(2)32-19-9-7-8-18(14-19)21-20(22(29)24-16(3)26-17(4)33-24)23(30)25(31)28(21)13-12-27-10-5-6-11-27/h7-9,14-15,21,30H,5-6,10-13H2,1-4H3. The number of rotatable bonds is 8. The van der Waals surface area contributed by atoms with Crippen LogP contribution in [0.3, 0.4) is 0 Å². The third kappa shape index (κ3) is 4.82. The van der Waals surface area contributed by atoms with Crippen LogP contribution in [0.15, 0.2) is 35.6 Å². The predicted octanol–water partition coefficient (Wildman–Crippen LogP) is 4.22. The summed E-state index contributed by atoms with van der Waals surface area (Å²) in [4.78, 5) is 35.6. The van der Waals surface area contributed by atoms with E-state index in [0.717, 1.165) is 36.5 Å². The van der Waals surface area contributed by atoms with Crippen LogP contribution in [0.4, 0.5) is 0 Å². The van der Waals surface area contributed by atoms with E-state index in [-0.39, 0.29) is 17.5 Å². The highest BCUT2D eigenvalue weighted by atomic mass is 32.1. The first-order chi connectivity index (χ1) is 15.8. The van der Waals surface area contributed by atoms with Gasteiger partial charge in [0.2, 0.25) is 5.78 Å². The van der Waals surface area contributed by atoms with Crippen molar-refractivity contribution < 1.29 is 19.4 Å². The number of Topliss-reactive ketones (excluding diaryl/α,β-unsaturated/α-hetero) is 1. The summed E-state index contributed by atoms with van der Waals surface area (Å²) < 4.78 is 5.86. The molecule has 4 rings (SSSR count). The highest BCUT2D eigenvalue weighted by molar-refractivity contribution is 7.14. The lowest BCUT2D eigenvalue weighted by molar-refractivity contribution is -0.129. The molecule has 7 nitrogen and oxygen atoms in total. The first kappa shape index (κ1) is 23.4. The molecule has 0 radical (unpaired) electrons. The molecular formula is C25H31N3O4S. The number of aliphatic hydroxyl groups excluding tert-OH is 1. The second kappa shape index (κ2) is 9.65. The Kier molecular flexibility index (Phi) is 6.86. The molecule has 1 saturated heterocycles. The molecule has 2 aromatic rings. The minimum atomic E-state index is -0.676. The Hall–Kier alpha value is -2.71. The van der Waals surface area contributed by atoms with E-state index in [1.807, 2.05) is 45.0 Å². The van der Waals surface area contributed by atoms with Crippen LogP contribution in [0.2, 0.25) is 0 Å². The maximum absolute atomic E-state index is 13.6. The van der Waals surface area contributed by atoms with Gasteiger partial charge in [0.05, 0.1) is 33.3 Å². The number of hydrogen-bond acceptors (Lipinski definition) is 7. The molecule has 1 N–H and O–H groups in total. The third-order valence-electron chi connectivity index (χ3n) is 6.06. The molecule has 2 aliphatic heterocycles. The molecule has 0 spiro atoms. The minimum absolute atomic E-state index is 0.00963. The molecule has 1 fully saturated rings. The van der Waals surface area contributed by atoms with Crippen LogP contribution in [0.25, 0.3) is 0 Å². The van der Waals surface area contributed by atoms with E-state index < -0.39 is 17.7 Å². The van der Waals surface area contributed by atoms with E-state index in [0.29, 0.717) is 29.4 Å². The van der Waals surface area contributed by atoms with Crippen molar-refractivity contribution in [2.24, 2.45) is 0 Å². The molecule has 1 aromatic heterocycles. The van der Waals surface area contributed by atoms with Crippen molar-refractivity contribution in [3.05, 3.63) is 56.7 Å². The zero-order chi connectivity index (χ0) is 23.7. The van der Waals surface area contributed by atoms with Crippen molar-refractivity contribution in [3.63, 3.8) is 0 Å². The van der Waals surface area contributed by atoms with E-state index >= 15 is 0 Å². The van der Waals surface area contributed by atoms with Crippen LogP contribution in [-0.4, -0.2) is 63.9 Å². The van der Waals surface area contributed by atoms with Crippen LogP contribution in [0.5, 0.6) is 5.75 Å². The number of ketones is 1. The number of nitrogens with zero attached hydrogens (tertiary/aromatic N) is 3. The SMILES string of the molecule is Cc1nc(C)c(C(=O)C2=C(O)C(=O)N(CCN3CCCC3)C2c2cccc(OC(C)C)c2)s1. The quantitative estimate of drug-likeness (QED) is 0.583. The zero-order valence-electron chi connectivity index (χ0n) is 19.6. The first-order valence-corrected chi connectivity index (χ1v) is 12.3. The maximum Gasteiger partial charge on any atom is 0.290 e. The summed E-state index contributed by atoms with van der Waals surface area (Å²) in [6.07, 6.45) is 2.30. The fourth-order valence-electron chi connectivity index (χ4n) is 4.61. The normalized spacial score (nSPS) is 19.2. The number of ether oxygens (including phenoxy) is 1. The molecule has 0 aliphatic carbocycles. The largest absolute Gasteiger partial charge is 0.503 e. The van der Waals surface area contributed by atoms with E-state index in [2.05, 4.69) is 9.88 Å². The van der Waals surface area contributed by atoms with Gasteiger partial charge in [-0.3, -0.25) is 9.59 Å². The van der Waals surface area contributed by atoms with E-state index in [4.69, 9.17) is 4.74 Å². The highest BCUT2D eigenvalue weighted by Gasteiger charge is 2.44.